The highest BCUT2D eigenvalue weighted by molar-refractivity contribution is 5.75. The van der Waals surface area contributed by atoms with Crippen LogP contribution in [-0.4, -0.2) is 20.5 Å². The van der Waals surface area contributed by atoms with Crippen LogP contribution in [0.25, 0.3) is 0 Å². The fourth-order valence-electron chi connectivity index (χ4n) is 0.702. The van der Waals surface area contributed by atoms with E-state index in [9.17, 15) is 9.18 Å². The second kappa shape index (κ2) is 6.75. The molecule has 0 saturated heterocycles. The number of benzene rings is 1. The maximum atomic E-state index is 12.6. The van der Waals surface area contributed by atoms with Crippen molar-refractivity contribution in [2.75, 3.05) is 14.2 Å². The number of aldehydes is 1. The van der Waals surface area contributed by atoms with Crippen molar-refractivity contribution in [3.8, 4) is 6.07 Å². The quantitative estimate of drug-likeness (QED) is 0.641. The van der Waals surface area contributed by atoms with E-state index in [1.807, 2.05) is 0 Å². The Hall–Kier alpha value is -1.73. The normalized spacial score (nSPS) is 8.14. The molecule has 0 bridgehead atoms. The predicted molar refractivity (Wildman–Crippen MR) is 49.4 cm³/mol. The SMILES string of the molecule is COC.N#Cc1cc(C=O)ccc1F. The molecule has 4 heteroatoms. The fourth-order valence-corrected chi connectivity index (χ4v) is 0.702. The van der Waals surface area contributed by atoms with Crippen LogP contribution in [0.5, 0.6) is 0 Å². The summed E-state index contributed by atoms with van der Waals surface area (Å²) in [6.07, 6.45) is 0.570. The van der Waals surface area contributed by atoms with Crippen molar-refractivity contribution in [2.45, 2.75) is 0 Å². The molecule has 0 amide bonds. The van der Waals surface area contributed by atoms with Gasteiger partial charge in [-0.3, -0.25) is 4.79 Å². The van der Waals surface area contributed by atoms with Gasteiger partial charge in [0.15, 0.2) is 0 Å². The van der Waals surface area contributed by atoms with E-state index >= 15 is 0 Å². The van der Waals surface area contributed by atoms with Crippen LogP contribution in [0.15, 0.2) is 18.2 Å². The maximum absolute atomic E-state index is 12.6. The molecule has 0 aromatic heterocycles. The largest absolute Gasteiger partial charge is 0.388 e. The summed E-state index contributed by atoms with van der Waals surface area (Å²) in [5.41, 5.74) is 0.206. The van der Waals surface area contributed by atoms with Crippen LogP contribution >= 0.6 is 0 Å². The van der Waals surface area contributed by atoms with Crippen LogP contribution < -0.4 is 0 Å². The van der Waals surface area contributed by atoms with Crippen LogP contribution in [0.4, 0.5) is 4.39 Å². The van der Waals surface area contributed by atoms with Crippen LogP contribution in [0.3, 0.4) is 0 Å². The van der Waals surface area contributed by atoms with Crippen LogP contribution in [0.1, 0.15) is 15.9 Å². The molecule has 0 atom stereocenters. The number of hydrogen-bond donors (Lipinski definition) is 0. The molecule has 0 radical (unpaired) electrons. The molecule has 3 nitrogen and oxygen atoms in total. The molecule has 0 fully saturated rings. The van der Waals surface area contributed by atoms with Crippen LogP contribution in [-0.2, 0) is 4.74 Å². The summed E-state index contributed by atoms with van der Waals surface area (Å²) >= 11 is 0. The highest BCUT2D eigenvalue weighted by atomic mass is 19.1. The minimum absolute atomic E-state index is 0.102. The van der Waals surface area contributed by atoms with E-state index < -0.39 is 5.82 Å². The molecule has 0 N–H and O–H groups in total. The average molecular weight is 195 g/mol. The lowest BCUT2D eigenvalue weighted by Crippen LogP contribution is -1.86. The molecule has 1 aromatic rings. The maximum Gasteiger partial charge on any atom is 0.150 e. The Kier molecular flexibility index (Phi) is 5.92. The standard InChI is InChI=1S/C8H4FNO.C2H6O/c9-8-2-1-6(5-11)3-7(8)4-10;1-3-2/h1-3,5H;1-2H3. The smallest absolute Gasteiger partial charge is 0.150 e. The van der Waals surface area contributed by atoms with Crippen LogP contribution in [0.2, 0.25) is 0 Å². The monoisotopic (exact) mass is 195 g/mol. The predicted octanol–water partition coefficient (Wildman–Crippen LogP) is 1.77. The zero-order chi connectivity index (χ0) is 11.0. The second-order valence-electron chi connectivity index (χ2n) is 2.38. The molecule has 14 heavy (non-hydrogen) atoms. The lowest BCUT2D eigenvalue weighted by Gasteiger charge is -1.92. The molecule has 0 aliphatic heterocycles. The number of methoxy groups -OCH3 is 1. The Morgan fingerprint density at radius 1 is 1.50 bits per heavy atom. The van der Waals surface area contributed by atoms with E-state index in [0.29, 0.717) is 11.8 Å². The van der Waals surface area contributed by atoms with Gasteiger partial charge in [0.1, 0.15) is 18.2 Å². The number of nitrogens with zero attached hydrogens (tertiary/aromatic N) is 1. The van der Waals surface area contributed by atoms with E-state index in [2.05, 4.69) is 4.74 Å². The lowest BCUT2D eigenvalue weighted by molar-refractivity contribution is 0.112. The number of ether oxygens (including phenoxy) is 1. The first kappa shape index (κ1) is 12.3. The van der Waals surface area contributed by atoms with Crippen molar-refractivity contribution in [3.05, 3.63) is 35.1 Å². The molecule has 0 heterocycles. The summed E-state index contributed by atoms with van der Waals surface area (Å²) in [6, 6.07) is 5.27. The molecule has 74 valence electrons. The molecule has 0 unspecified atom stereocenters. The Bertz CT molecular complexity index is 344. The first-order valence-corrected chi connectivity index (χ1v) is 3.74. The van der Waals surface area contributed by atoms with Crippen LogP contribution in [0, 0.1) is 17.1 Å². The summed E-state index contributed by atoms with van der Waals surface area (Å²) in [7, 11) is 3.25. The Balaban J connectivity index is 0.000000500. The Labute approximate surface area is 81.7 Å². The first-order chi connectivity index (χ1) is 6.69. The number of nitriles is 1. The number of rotatable bonds is 1. The third kappa shape index (κ3) is 3.78. The third-order valence-electron chi connectivity index (χ3n) is 1.25. The second-order valence-corrected chi connectivity index (χ2v) is 2.38. The molecule has 0 aliphatic rings. The summed E-state index contributed by atoms with van der Waals surface area (Å²) in [6.45, 7) is 0. The highest BCUT2D eigenvalue weighted by Gasteiger charge is 2.00. The van der Waals surface area contributed by atoms with Crippen molar-refractivity contribution in [3.63, 3.8) is 0 Å². The topological polar surface area (TPSA) is 50.1 Å². The van der Waals surface area contributed by atoms with Crippen molar-refractivity contribution in [2.24, 2.45) is 0 Å². The number of carbonyl (C=O) groups is 1. The molecule has 0 spiro atoms. The van der Waals surface area contributed by atoms with Gasteiger partial charge in [-0.2, -0.15) is 5.26 Å². The number of carbonyl (C=O) groups excluding carboxylic acids is 1. The summed E-state index contributed by atoms with van der Waals surface area (Å²) in [4.78, 5) is 10.2. The molecule has 0 saturated carbocycles. The lowest BCUT2D eigenvalue weighted by atomic mass is 10.1. The van der Waals surface area contributed by atoms with Gasteiger partial charge in [-0.05, 0) is 18.2 Å². The van der Waals surface area contributed by atoms with Crippen molar-refractivity contribution in [1.29, 1.82) is 5.26 Å². The molecule has 1 aromatic carbocycles. The zero-order valence-electron chi connectivity index (χ0n) is 7.95. The minimum atomic E-state index is -0.599. The average Bonchev–Trinajstić information content (AvgIpc) is 2.20. The molecular formula is C10H10FNO2. The van der Waals surface area contributed by atoms with Gasteiger partial charge in [-0.1, -0.05) is 0 Å². The van der Waals surface area contributed by atoms with Gasteiger partial charge in [0.2, 0.25) is 0 Å². The van der Waals surface area contributed by atoms with Gasteiger partial charge < -0.3 is 4.74 Å². The first-order valence-electron chi connectivity index (χ1n) is 3.74. The van der Waals surface area contributed by atoms with Crippen molar-refractivity contribution >= 4 is 6.29 Å². The molecule has 0 aliphatic carbocycles. The Morgan fingerprint density at radius 3 is 2.50 bits per heavy atom. The van der Waals surface area contributed by atoms with E-state index in [1.165, 1.54) is 12.1 Å². The van der Waals surface area contributed by atoms with Gasteiger partial charge >= 0.3 is 0 Å². The van der Waals surface area contributed by atoms with E-state index in [4.69, 9.17) is 5.26 Å². The van der Waals surface area contributed by atoms with Gasteiger partial charge in [0.25, 0.3) is 0 Å². The summed E-state index contributed by atoms with van der Waals surface area (Å²) in [5, 5.41) is 8.33. The summed E-state index contributed by atoms with van der Waals surface area (Å²) in [5.74, 6) is -0.599. The van der Waals surface area contributed by atoms with E-state index in [1.54, 1.807) is 20.3 Å². The highest BCUT2D eigenvalue weighted by Crippen LogP contribution is 2.07. The van der Waals surface area contributed by atoms with Gasteiger partial charge in [0, 0.05) is 19.8 Å². The number of halogens is 1. The third-order valence-corrected chi connectivity index (χ3v) is 1.25. The zero-order valence-corrected chi connectivity index (χ0v) is 7.95. The number of hydrogen-bond acceptors (Lipinski definition) is 3. The Morgan fingerprint density at radius 2 is 2.07 bits per heavy atom. The summed E-state index contributed by atoms with van der Waals surface area (Å²) < 4.78 is 16.8. The minimum Gasteiger partial charge on any atom is -0.388 e. The van der Waals surface area contributed by atoms with E-state index in [0.717, 1.165) is 6.07 Å². The fraction of sp³-hybridized carbons (Fsp3) is 0.200. The van der Waals surface area contributed by atoms with Gasteiger partial charge in [-0.25, -0.2) is 4.39 Å². The molecular weight excluding hydrogens is 185 g/mol. The van der Waals surface area contributed by atoms with Crippen molar-refractivity contribution < 1.29 is 13.9 Å². The van der Waals surface area contributed by atoms with Crippen molar-refractivity contribution in [1.82, 2.24) is 0 Å². The van der Waals surface area contributed by atoms with Gasteiger partial charge in [-0.15, -0.1) is 0 Å². The van der Waals surface area contributed by atoms with E-state index in [-0.39, 0.29) is 5.56 Å². The molecule has 1 rings (SSSR count). The van der Waals surface area contributed by atoms with Gasteiger partial charge in [0.05, 0.1) is 5.56 Å².